The van der Waals surface area contributed by atoms with E-state index in [2.05, 4.69) is 0 Å². The molecule has 0 aromatic carbocycles. The zero-order valence-corrected chi connectivity index (χ0v) is 19.3. The van der Waals surface area contributed by atoms with E-state index in [0.717, 1.165) is 6.08 Å². The minimum absolute atomic E-state index is 0.0291. The van der Waals surface area contributed by atoms with Crippen LogP contribution in [0, 0.1) is 22.7 Å². The van der Waals surface area contributed by atoms with Crippen molar-refractivity contribution in [1.82, 2.24) is 0 Å². The van der Waals surface area contributed by atoms with Crippen LogP contribution >= 0.6 is 0 Å². The first-order valence-corrected chi connectivity index (χ1v) is 11.7. The maximum Gasteiger partial charge on any atom is 0.306 e. The molecule has 0 aliphatic heterocycles. The number of aliphatic hydroxyl groups excluding tert-OH is 2. The maximum atomic E-state index is 17.1. The molecule has 4 aliphatic rings. The Kier molecular flexibility index (Phi) is 5.72. The van der Waals surface area contributed by atoms with Gasteiger partial charge in [0.2, 0.25) is 5.78 Å². The number of Topliss-reactive ketones (excluding diaryl/α,β-unsaturated/α-hetero) is 1. The highest BCUT2D eigenvalue weighted by atomic mass is 19.1. The van der Waals surface area contributed by atoms with Crippen LogP contribution in [0.25, 0.3) is 0 Å². The minimum Gasteiger partial charge on any atom is -0.450 e. The number of fused-ring (bicyclic) bond motifs is 5. The van der Waals surface area contributed by atoms with Crippen molar-refractivity contribution in [1.29, 1.82) is 0 Å². The van der Waals surface area contributed by atoms with Crippen LogP contribution in [0.1, 0.15) is 59.3 Å². The molecular weight excluding hydrogens is 434 g/mol. The summed E-state index contributed by atoms with van der Waals surface area (Å²) in [5.74, 6) is -3.24. The Morgan fingerprint density at radius 3 is 2.61 bits per heavy atom. The number of rotatable bonds is 5. The fourth-order valence-corrected chi connectivity index (χ4v) is 7.45. The average molecular weight is 467 g/mol. The number of hydrogen-bond donors (Lipinski definition) is 2. The second-order valence-corrected chi connectivity index (χ2v) is 10.5. The number of aliphatic hydroxyl groups is 2. The van der Waals surface area contributed by atoms with Gasteiger partial charge in [-0.3, -0.25) is 14.4 Å². The van der Waals surface area contributed by atoms with E-state index in [-0.39, 0.29) is 37.7 Å². The van der Waals surface area contributed by atoms with Gasteiger partial charge in [0.1, 0.15) is 12.8 Å². The van der Waals surface area contributed by atoms with Gasteiger partial charge in [-0.15, -0.1) is 0 Å². The number of allylic oxidation sites excluding steroid dienone is 4. The zero-order chi connectivity index (χ0) is 24.4. The van der Waals surface area contributed by atoms with E-state index in [4.69, 9.17) is 4.74 Å². The van der Waals surface area contributed by atoms with Gasteiger partial charge >= 0.3 is 5.97 Å². The summed E-state index contributed by atoms with van der Waals surface area (Å²) in [6.07, 6.45) is 1.01. The van der Waals surface area contributed by atoms with Crippen LogP contribution in [-0.4, -0.2) is 57.9 Å². The molecule has 0 aromatic heterocycles. The van der Waals surface area contributed by atoms with Crippen LogP contribution in [0.4, 0.5) is 8.78 Å². The normalized spacial score (nSPS) is 46.2. The molecule has 8 atom stereocenters. The van der Waals surface area contributed by atoms with Crippen molar-refractivity contribution in [3.8, 4) is 0 Å². The van der Waals surface area contributed by atoms with Gasteiger partial charge in [0.15, 0.2) is 17.1 Å². The second kappa shape index (κ2) is 7.80. The van der Waals surface area contributed by atoms with Crippen molar-refractivity contribution in [3.05, 3.63) is 23.8 Å². The van der Waals surface area contributed by atoms with Crippen LogP contribution in [0.15, 0.2) is 23.8 Å². The summed E-state index contributed by atoms with van der Waals surface area (Å²) in [5, 5.41) is 21.0. The molecule has 0 bridgehead atoms. The van der Waals surface area contributed by atoms with Gasteiger partial charge in [0.25, 0.3) is 0 Å². The highest BCUT2D eigenvalue weighted by Gasteiger charge is 2.76. The predicted molar refractivity (Wildman–Crippen MR) is 114 cm³/mol. The molecule has 4 rings (SSSR count). The van der Waals surface area contributed by atoms with Crippen LogP contribution in [0.3, 0.4) is 0 Å². The molecule has 0 heterocycles. The third kappa shape index (κ3) is 2.99. The Hall–Kier alpha value is -1.93. The van der Waals surface area contributed by atoms with Gasteiger partial charge in [-0.25, -0.2) is 8.78 Å². The van der Waals surface area contributed by atoms with Gasteiger partial charge in [0, 0.05) is 23.2 Å². The van der Waals surface area contributed by atoms with E-state index in [9.17, 15) is 24.6 Å². The van der Waals surface area contributed by atoms with Crippen molar-refractivity contribution in [2.24, 2.45) is 22.7 Å². The fraction of sp³-hybridized carbons (Fsp3) is 0.720. The molecule has 182 valence electrons. The summed E-state index contributed by atoms with van der Waals surface area (Å²) in [6, 6.07) is 0. The lowest BCUT2D eigenvalue weighted by atomic mass is 9.44. The molecule has 0 saturated heterocycles. The van der Waals surface area contributed by atoms with Crippen molar-refractivity contribution in [3.63, 3.8) is 0 Å². The first kappa shape index (κ1) is 24.2. The summed E-state index contributed by atoms with van der Waals surface area (Å²) in [4.78, 5) is 37.4. The topological polar surface area (TPSA) is 101 Å². The van der Waals surface area contributed by atoms with E-state index in [1.54, 1.807) is 13.8 Å². The molecule has 8 heteroatoms. The second-order valence-electron chi connectivity index (χ2n) is 10.5. The standard InChI is InChI=1S/C25H32F2O6/c1-4-5-21(32)33-24(20(31)13-28)9-7-15-16-11-18(26)17-10-14(29)6-8-22(17,2)25(16,27)19(30)12-23(15,24)3/h6,8,10,15-16,18-19,28,30H,4-5,7,9,11-13H2,1-3H3/t15-,16-,18?,19?,22-,23-,24-,25-/m0/s1. The van der Waals surface area contributed by atoms with E-state index in [1.165, 1.54) is 19.1 Å². The van der Waals surface area contributed by atoms with Crippen molar-refractivity contribution in [2.75, 3.05) is 6.61 Å². The Balaban J connectivity index is 1.82. The summed E-state index contributed by atoms with van der Waals surface area (Å²) >= 11 is 0. The Bertz CT molecular complexity index is 945. The van der Waals surface area contributed by atoms with Crippen molar-refractivity contribution in [2.45, 2.75) is 82.8 Å². The number of alkyl halides is 2. The molecule has 3 saturated carbocycles. The molecule has 3 fully saturated rings. The van der Waals surface area contributed by atoms with Gasteiger partial charge in [0.05, 0.1) is 6.10 Å². The lowest BCUT2D eigenvalue weighted by Gasteiger charge is -2.63. The Morgan fingerprint density at radius 1 is 1.27 bits per heavy atom. The Morgan fingerprint density at radius 2 is 1.97 bits per heavy atom. The number of ketones is 2. The number of halogens is 2. The SMILES string of the molecule is CCCC(=O)O[C@]1(C(=O)CO)CC[C@H]2[C@@H]3CC(F)C4=CC(=O)C=C[C@]4(C)[C@@]3(F)C(O)C[C@@]21C. The van der Waals surface area contributed by atoms with E-state index >= 15 is 8.78 Å². The summed E-state index contributed by atoms with van der Waals surface area (Å²) in [6.45, 7) is 4.13. The molecule has 2 unspecified atom stereocenters. The molecule has 33 heavy (non-hydrogen) atoms. The van der Waals surface area contributed by atoms with Crippen LogP contribution in [0.5, 0.6) is 0 Å². The van der Waals surface area contributed by atoms with Crippen molar-refractivity contribution >= 4 is 17.5 Å². The minimum atomic E-state index is -2.27. The van der Waals surface area contributed by atoms with Crippen LogP contribution < -0.4 is 0 Å². The number of ether oxygens (including phenoxy) is 1. The van der Waals surface area contributed by atoms with Gasteiger partial charge in [-0.05, 0) is 62.7 Å². The van der Waals surface area contributed by atoms with Crippen LogP contribution in [-0.2, 0) is 19.1 Å². The van der Waals surface area contributed by atoms with Gasteiger partial charge in [-0.1, -0.05) is 19.9 Å². The first-order chi connectivity index (χ1) is 15.4. The molecule has 4 aliphatic carbocycles. The highest BCUT2D eigenvalue weighted by Crippen LogP contribution is 2.70. The zero-order valence-electron chi connectivity index (χ0n) is 19.3. The smallest absolute Gasteiger partial charge is 0.306 e. The molecule has 6 nitrogen and oxygen atoms in total. The van der Waals surface area contributed by atoms with Crippen molar-refractivity contribution < 1.29 is 38.1 Å². The lowest BCUT2D eigenvalue weighted by molar-refractivity contribution is -0.229. The number of esters is 1. The summed E-state index contributed by atoms with van der Waals surface area (Å²) in [5.41, 5.74) is -6.64. The summed E-state index contributed by atoms with van der Waals surface area (Å²) in [7, 11) is 0. The molecule has 0 aromatic rings. The number of hydrogen-bond acceptors (Lipinski definition) is 6. The Labute approximate surface area is 192 Å². The number of carbonyl (C=O) groups is 3. The summed E-state index contributed by atoms with van der Waals surface area (Å²) < 4.78 is 38.3. The molecular formula is C25H32F2O6. The predicted octanol–water partition coefficient (Wildman–Crippen LogP) is 2.95. The molecule has 0 radical (unpaired) electrons. The molecule has 0 amide bonds. The van der Waals surface area contributed by atoms with E-state index in [1.807, 2.05) is 0 Å². The van der Waals surface area contributed by atoms with E-state index < -0.39 is 70.4 Å². The third-order valence-corrected chi connectivity index (χ3v) is 9.08. The molecule has 0 spiro atoms. The largest absolute Gasteiger partial charge is 0.450 e. The fourth-order valence-electron chi connectivity index (χ4n) is 7.45. The van der Waals surface area contributed by atoms with Gasteiger partial charge < -0.3 is 14.9 Å². The number of carbonyl (C=O) groups excluding carboxylic acids is 3. The van der Waals surface area contributed by atoms with Crippen LogP contribution in [0.2, 0.25) is 0 Å². The monoisotopic (exact) mass is 466 g/mol. The first-order valence-electron chi connectivity index (χ1n) is 11.7. The third-order valence-electron chi connectivity index (χ3n) is 9.08. The van der Waals surface area contributed by atoms with Gasteiger partial charge in [-0.2, -0.15) is 0 Å². The lowest BCUT2D eigenvalue weighted by Crippen LogP contribution is -2.70. The molecule has 2 N–H and O–H groups in total. The average Bonchev–Trinajstić information content (AvgIpc) is 3.04. The quantitative estimate of drug-likeness (QED) is 0.605. The van der Waals surface area contributed by atoms with E-state index in [0.29, 0.717) is 6.42 Å². The highest BCUT2D eigenvalue weighted by molar-refractivity contribution is 6.01. The maximum absolute atomic E-state index is 17.1.